The minimum atomic E-state index is -0.372. The maximum Gasteiger partial charge on any atom is 0.357 e. The Hall–Kier alpha value is -1.92. The van der Waals surface area contributed by atoms with E-state index < -0.39 is 0 Å². The Morgan fingerprint density at radius 2 is 1.63 bits per heavy atom. The summed E-state index contributed by atoms with van der Waals surface area (Å²) in [6.45, 7) is 11.0. The van der Waals surface area contributed by atoms with Gasteiger partial charge in [0.25, 0.3) is 0 Å². The minimum absolute atomic E-state index is 0.354. The molecule has 0 unspecified atom stereocenters. The third-order valence-electron chi connectivity index (χ3n) is 4.88. The first-order valence-electron chi connectivity index (χ1n) is 11.3. The van der Waals surface area contributed by atoms with Gasteiger partial charge in [0.1, 0.15) is 10.8 Å². The van der Waals surface area contributed by atoms with Crippen molar-refractivity contribution >= 4 is 17.3 Å². The lowest BCUT2D eigenvalue weighted by atomic mass is 10.2. The summed E-state index contributed by atoms with van der Waals surface area (Å²) in [6, 6.07) is 7.91. The van der Waals surface area contributed by atoms with E-state index >= 15 is 0 Å². The van der Waals surface area contributed by atoms with Crippen LogP contribution in [0.25, 0.3) is 10.6 Å². The number of aromatic nitrogens is 1. The summed E-state index contributed by atoms with van der Waals surface area (Å²) in [7, 11) is 0. The molecule has 0 aliphatic rings. The molecule has 0 atom stereocenters. The van der Waals surface area contributed by atoms with E-state index in [0.29, 0.717) is 12.3 Å². The standard InChI is InChI=1S/C24H36N2O3S/c1-4-7-15-26(16-8-5-2)17-9-10-18-29-21-13-11-20(12-14-21)23-25-22(19-30-23)24(27)28-6-3/h11-14,19H,4-10,15-18H2,1-3H3. The largest absolute Gasteiger partial charge is 0.494 e. The van der Waals surface area contributed by atoms with Crippen LogP contribution in [-0.4, -0.2) is 48.7 Å². The van der Waals surface area contributed by atoms with Crippen molar-refractivity contribution in [1.29, 1.82) is 0 Å². The van der Waals surface area contributed by atoms with Gasteiger partial charge in [-0.15, -0.1) is 11.3 Å². The number of thiazole rings is 1. The van der Waals surface area contributed by atoms with E-state index in [4.69, 9.17) is 9.47 Å². The number of nitrogens with zero attached hydrogens (tertiary/aromatic N) is 2. The number of hydrogen-bond acceptors (Lipinski definition) is 6. The van der Waals surface area contributed by atoms with Crippen LogP contribution in [0.1, 0.15) is 69.8 Å². The summed E-state index contributed by atoms with van der Waals surface area (Å²) in [6.07, 6.45) is 7.31. The molecule has 1 heterocycles. The van der Waals surface area contributed by atoms with Gasteiger partial charge in [0, 0.05) is 10.9 Å². The SMILES string of the molecule is CCCCN(CCCC)CCCCOc1ccc(-c2nc(C(=O)OCC)cs2)cc1. The number of carbonyl (C=O) groups is 1. The average Bonchev–Trinajstić information content (AvgIpc) is 3.26. The van der Waals surface area contributed by atoms with Crippen LogP contribution in [0.4, 0.5) is 0 Å². The van der Waals surface area contributed by atoms with Gasteiger partial charge in [0.05, 0.1) is 13.2 Å². The first-order chi connectivity index (χ1) is 14.7. The van der Waals surface area contributed by atoms with Gasteiger partial charge in [-0.05, 0) is 76.5 Å². The van der Waals surface area contributed by atoms with Crippen molar-refractivity contribution in [2.45, 2.75) is 59.3 Å². The Labute approximate surface area is 185 Å². The Morgan fingerprint density at radius 3 is 2.27 bits per heavy atom. The van der Waals surface area contributed by atoms with Crippen molar-refractivity contribution in [2.24, 2.45) is 0 Å². The van der Waals surface area contributed by atoms with Gasteiger partial charge < -0.3 is 14.4 Å². The smallest absolute Gasteiger partial charge is 0.357 e. The Balaban J connectivity index is 1.73. The van der Waals surface area contributed by atoms with Crippen LogP contribution in [0.15, 0.2) is 29.6 Å². The fourth-order valence-corrected chi connectivity index (χ4v) is 3.92. The molecule has 0 aliphatic heterocycles. The molecular formula is C24H36N2O3S. The number of benzene rings is 1. The molecule has 2 aromatic rings. The van der Waals surface area contributed by atoms with Gasteiger partial charge in [-0.3, -0.25) is 0 Å². The molecule has 0 amide bonds. The number of rotatable bonds is 15. The second kappa shape index (κ2) is 14.1. The Kier molecular flexibility index (Phi) is 11.5. The molecule has 0 aliphatic carbocycles. The summed E-state index contributed by atoms with van der Waals surface area (Å²) in [5.41, 5.74) is 1.34. The molecule has 2 rings (SSSR count). The summed E-state index contributed by atoms with van der Waals surface area (Å²) >= 11 is 1.44. The molecule has 166 valence electrons. The lowest BCUT2D eigenvalue weighted by molar-refractivity contribution is 0.0520. The van der Waals surface area contributed by atoms with Crippen molar-refractivity contribution in [3.63, 3.8) is 0 Å². The zero-order valence-corrected chi connectivity index (χ0v) is 19.5. The summed E-state index contributed by atoms with van der Waals surface area (Å²) in [5, 5.41) is 2.55. The second-order valence-corrected chi connectivity index (χ2v) is 8.25. The fourth-order valence-electron chi connectivity index (χ4n) is 3.13. The maximum atomic E-state index is 11.8. The lowest BCUT2D eigenvalue weighted by Crippen LogP contribution is -2.27. The van der Waals surface area contributed by atoms with Crippen molar-refractivity contribution in [3.8, 4) is 16.3 Å². The summed E-state index contributed by atoms with van der Waals surface area (Å²) < 4.78 is 10.9. The van der Waals surface area contributed by atoms with Crippen molar-refractivity contribution in [3.05, 3.63) is 35.3 Å². The van der Waals surface area contributed by atoms with Crippen LogP contribution in [-0.2, 0) is 4.74 Å². The second-order valence-electron chi connectivity index (χ2n) is 7.39. The normalized spacial score (nSPS) is 11.1. The van der Waals surface area contributed by atoms with E-state index in [1.807, 2.05) is 24.3 Å². The molecule has 0 spiro atoms. The quantitative estimate of drug-likeness (QED) is 0.253. The molecular weight excluding hydrogens is 396 g/mol. The third-order valence-corrected chi connectivity index (χ3v) is 5.77. The molecule has 0 radical (unpaired) electrons. The lowest BCUT2D eigenvalue weighted by Gasteiger charge is -2.21. The van der Waals surface area contributed by atoms with Crippen molar-refractivity contribution in [1.82, 2.24) is 9.88 Å². The highest BCUT2D eigenvalue weighted by molar-refractivity contribution is 7.13. The van der Waals surface area contributed by atoms with E-state index in [1.165, 1.54) is 56.5 Å². The van der Waals surface area contributed by atoms with E-state index in [9.17, 15) is 4.79 Å². The molecule has 0 fully saturated rings. The predicted octanol–water partition coefficient (Wildman–Crippen LogP) is 6.05. The van der Waals surface area contributed by atoms with Crippen LogP contribution in [0.2, 0.25) is 0 Å². The van der Waals surface area contributed by atoms with Gasteiger partial charge in [-0.1, -0.05) is 26.7 Å². The molecule has 1 aromatic carbocycles. The van der Waals surface area contributed by atoms with Crippen LogP contribution in [0, 0.1) is 0 Å². The van der Waals surface area contributed by atoms with Gasteiger partial charge in [0.2, 0.25) is 0 Å². The first kappa shape index (κ1) is 24.4. The fraction of sp³-hybridized carbons (Fsp3) is 0.583. The summed E-state index contributed by atoms with van der Waals surface area (Å²) in [5.74, 6) is 0.498. The van der Waals surface area contributed by atoms with E-state index in [2.05, 4.69) is 23.7 Å². The van der Waals surface area contributed by atoms with Gasteiger partial charge >= 0.3 is 5.97 Å². The number of hydrogen-bond donors (Lipinski definition) is 0. The Bertz CT molecular complexity index is 722. The van der Waals surface area contributed by atoms with E-state index in [0.717, 1.165) is 35.9 Å². The van der Waals surface area contributed by atoms with Crippen LogP contribution in [0.5, 0.6) is 5.75 Å². The van der Waals surface area contributed by atoms with Crippen molar-refractivity contribution < 1.29 is 14.3 Å². The zero-order chi connectivity index (χ0) is 21.6. The molecule has 6 heteroatoms. The molecule has 0 saturated heterocycles. The highest BCUT2D eigenvalue weighted by Crippen LogP contribution is 2.26. The van der Waals surface area contributed by atoms with Crippen LogP contribution >= 0.6 is 11.3 Å². The van der Waals surface area contributed by atoms with E-state index in [1.54, 1.807) is 12.3 Å². The monoisotopic (exact) mass is 432 g/mol. The zero-order valence-electron chi connectivity index (χ0n) is 18.7. The summed E-state index contributed by atoms with van der Waals surface area (Å²) in [4.78, 5) is 18.7. The maximum absolute atomic E-state index is 11.8. The van der Waals surface area contributed by atoms with Gasteiger partial charge in [-0.2, -0.15) is 0 Å². The number of esters is 1. The third kappa shape index (κ3) is 8.44. The van der Waals surface area contributed by atoms with Crippen LogP contribution in [0.3, 0.4) is 0 Å². The number of ether oxygens (including phenoxy) is 2. The highest BCUT2D eigenvalue weighted by Gasteiger charge is 2.12. The molecule has 1 aromatic heterocycles. The van der Waals surface area contributed by atoms with Crippen LogP contribution < -0.4 is 4.74 Å². The molecule has 0 saturated carbocycles. The topological polar surface area (TPSA) is 51.7 Å². The predicted molar refractivity (Wildman–Crippen MR) is 124 cm³/mol. The Morgan fingerprint density at radius 1 is 0.967 bits per heavy atom. The number of carbonyl (C=O) groups excluding carboxylic acids is 1. The molecule has 5 nitrogen and oxygen atoms in total. The first-order valence-corrected chi connectivity index (χ1v) is 12.1. The van der Waals surface area contributed by atoms with Gasteiger partial charge in [0.15, 0.2) is 5.69 Å². The average molecular weight is 433 g/mol. The van der Waals surface area contributed by atoms with E-state index in [-0.39, 0.29) is 5.97 Å². The molecule has 30 heavy (non-hydrogen) atoms. The minimum Gasteiger partial charge on any atom is -0.494 e. The van der Waals surface area contributed by atoms with Gasteiger partial charge in [-0.25, -0.2) is 9.78 Å². The molecule has 0 bridgehead atoms. The van der Waals surface area contributed by atoms with Crippen molar-refractivity contribution in [2.75, 3.05) is 32.8 Å². The number of unbranched alkanes of at least 4 members (excludes halogenated alkanes) is 3. The molecule has 0 N–H and O–H groups in total. The highest BCUT2D eigenvalue weighted by atomic mass is 32.1.